The van der Waals surface area contributed by atoms with Crippen molar-refractivity contribution in [3.8, 4) is 0 Å². The molecule has 1 saturated heterocycles. The number of benzene rings is 1. The van der Waals surface area contributed by atoms with Crippen molar-refractivity contribution in [2.75, 3.05) is 37.8 Å². The summed E-state index contributed by atoms with van der Waals surface area (Å²) in [6.07, 6.45) is 1.85. The highest BCUT2D eigenvalue weighted by atomic mass is 16.5. The van der Waals surface area contributed by atoms with Gasteiger partial charge in [0.25, 0.3) is 0 Å². The minimum Gasteiger partial charge on any atom is -0.396 e. The standard InChI is InChI=1S/C25H39N3O5/c1-18-8-5-6-9-20(18)28(17-19-10-14-33-15-11-19)22(31)16-21(30)27-23(25(2,3)4)24(32)26-12-7-13-29/h5-6,8-9,19,23,29H,7,10-17H2,1-4H3,(H,26,32)(H,27,30)/t23-/m1/s1. The Hall–Kier alpha value is -2.45. The molecule has 1 fully saturated rings. The molecular formula is C25H39N3O5. The minimum absolute atomic E-state index is 0.0246. The number of aliphatic hydroxyl groups is 1. The second kappa shape index (κ2) is 12.7. The van der Waals surface area contributed by atoms with Gasteiger partial charge in [0.1, 0.15) is 12.5 Å². The third-order valence-electron chi connectivity index (χ3n) is 5.87. The molecule has 1 heterocycles. The Kier molecular flexibility index (Phi) is 10.3. The Morgan fingerprint density at radius 2 is 1.85 bits per heavy atom. The second-order valence-electron chi connectivity index (χ2n) is 9.76. The molecule has 2 rings (SSSR count). The number of hydrogen-bond donors (Lipinski definition) is 3. The molecule has 184 valence electrons. The first-order valence-corrected chi connectivity index (χ1v) is 11.7. The Balaban J connectivity index is 2.11. The van der Waals surface area contributed by atoms with E-state index in [9.17, 15) is 14.4 Å². The lowest BCUT2D eigenvalue weighted by atomic mass is 9.86. The number of ether oxygens (including phenoxy) is 1. The van der Waals surface area contributed by atoms with Gasteiger partial charge in [0.05, 0.1) is 0 Å². The maximum Gasteiger partial charge on any atom is 0.243 e. The highest BCUT2D eigenvalue weighted by Crippen LogP contribution is 2.25. The molecule has 1 aromatic carbocycles. The summed E-state index contributed by atoms with van der Waals surface area (Å²) in [5.41, 5.74) is 1.23. The molecule has 8 nitrogen and oxygen atoms in total. The van der Waals surface area contributed by atoms with Crippen LogP contribution in [0.4, 0.5) is 5.69 Å². The molecule has 0 saturated carbocycles. The monoisotopic (exact) mass is 461 g/mol. The molecular weight excluding hydrogens is 422 g/mol. The first-order valence-electron chi connectivity index (χ1n) is 11.7. The number of rotatable bonds is 10. The third kappa shape index (κ3) is 8.44. The zero-order valence-corrected chi connectivity index (χ0v) is 20.4. The zero-order valence-electron chi connectivity index (χ0n) is 20.4. The second-order valence-corrected chi connectivity index (χ2v) is 9.76. The van der Waals surface area contributed by atoms with Crippen LogP contribution in [0.3, 0.4) is 0 Å². The van der Waals surface area contributed by atoms with Gasteiger partial charge in [0, 0.05) is 38.6 Å². The molecule has 3 amide bonds. The number of hydrogen-bond acceptors (Lipinski definition) is 5. The van der Waals surface area contributed by atoms with Crippen molar-refractivity contribution < 1.29 is 24.2 Å². The lowest BCUT2D eigenvalue weighted by Crippen LogP contribution is -2.54. The fourth-order valence-electron chi connectivity index (χ4n) is 3.90. The summed E-state index contributed by atoms with van der Waals surface area (Å²) >= 11 is 0. The molecule has 0 radical (unpaired) electrons. The minimum atomic E-state index is -0.793. The van der Waals surface area contributed by atoms with Crippen molar-refractivity contribution in [2.45, 2.75) is 59.4 Å². The number of nitrogens with one attached hydrogen (secondary N) is 2. The van der Waals surface area contributed by atoms with Crippen LogP contribution in [-0.4, -0.2) is 61.8 Å². The van der Waals surface area contributed by atoms with Crippen LogP contribution in [0.15, 0.2) is 24.3 Å². The van der Waals surface area contributed by atoms with Crippen LogP contribution in [0.1, 0.15) is 52.0 Å². The molecule has 8 heteroatoms. The number of para-hydroxylation sites is 1. The number of carbonyl (C=O) groups is 3. The molecule has 0 bridgehead atoms. The van der Waals surface area contributed by atoms with Gasteiger partial charge in [0.2, 0.25) is 17.7 Å². The van der Waals surface area contributed by atoms with E-state index in [-0.39, 0.29) is 24.8 Å². The lowest BCUT2D eigenvalue weighted by molar-refractivity contribution is -0.134. The summed E-state index contributed by atoms with van der Waals surface area (Å²) in [5.74, 6) is -0.788. The fraction of sp³-hybridized carbons (Fsp3) is 0.640. The van der Waals surface area contributed by atoms with Crippen molar-refractivity contribution >= 4 is 23.4 Å². The number of aryl methyl sites for hydroxylation is 1. The summed E-state index contributed by atoms with van der Waals surface area (Å²) in [6, 6.07) is 6.87. The number of anilines is 1. The van der Waals surface area contributed by atoms with Crippen LogP contribution in [0.25, 0.3) is 0 Å². The van der Waals surface area contributed by atoms with Gasteiger partial charge in [-0.2, -0.15) is 0 Å². The highest BCUT2D eigenvalue weighted by Gasteiger charge is 2.33. The summed E-state index contributed by atoms with van der Waals surface area (Å²) < 4.78 is 5.45. The maximum absolute atomic E-state index is 13.3. The van der Waals surface area contributed by atoms with E-state index < -0.39 is 17.4 Å². The van der Waals surface area contributed by atoms with E-state index in [2.05, 4.69) is 10.6 Å². The van der Waals surface area contributed by atoms with Crippen LogP contribution >= 0.6 is 0 Å². The van der Waals surface area contributed by atoms with E-state index >= 15 is 0 Å². The van der Waals surface area contributed by atoms with Crippen LogP contribution in [0.2, 0.25) is 0 Å². The molecule has 0 unspecified atom stereocenters. The number of amides is 3. The molecule has 0 aromatic heterocycles. The quantitative estimate of drug-likeness (QED) is 0.366. The molecule has 1 atom stereocenters. The van der Waals surface area contributed by atoms with E-state index in [1.165, 1.54) is 0 Å². The Morgan fingerprint density at radius 1 is 1.18 bits per heavy atom. The van der Waals surface area contributed by atoms with Crippen LogP contribution in [-0.2, 0) is 19.1 Å². The molecule has 3 N–H and O–H groups in total. The fourth-order valence-corrected chi connectivity index (χ4v) is 3.90. The maximum atomic E-state index is 13.3. The predicted octanol–water partition coefficient (Wildman–Crippen LogP) is 2.17. The Labute approximate surface area is 197 Å². The van der Waals surface area contributed by atoms with Crippen molar-refractivity contribution in [3.63, 3.8) is 0 Å². The molecule has 1 aromatic rings. The highest BCUT2D eigenvalue weighted by molar-refractivity contribution is 6.06. The van der Waals surface area contributed by atoms with Gasteiger partial charge in [-0.05, 0) is 49.1 Å². The van der Waals surface area contributed by atoms with Crippen molar-refractivity contribution in [3.05, 3.63) is 29.8 Å². The van der Waals surface area contributed by atoms with Gasteiger partial charge in [0.15, 0.2) is 0 Å². The van der Waals surface area contributed by atoms with E-state index in [4.69, 9.17) is 9.84 Å². The van der Waals surface area contributed by atoms with Gasteiger partial charge in [-0.15, -0.1) is 0 Å². The lowest BCUT2D eigenvalue weighted by Gasteiger charge is -2.32. The summed E-state index contributed by atoms with van der Waals surface area (Å²) in [7, 11) is 0. The first kappa shape index (κ1) is 26.8. The van der Waals surface area contributed by atoms with Gasteiger partial charge in [-0.25, -0.2) is 0 Å². The van der Waals surface area contributed by atoms with E-state index in [1.54, 1.807) is 4.90 Å². The van der Waals surface area contributed by atoms with E-state index in [1.807, 2.05) is 52.0 Å². The summed E-state index contributed by atoms with van der Waals surface area (Å²) in [4.78, 5) is 40.5. The van der Waals surface area contributed by atoms with Gasteiger partial charge in [-0.3, -0.25) is 14.4 Å². The van der Waals surface area contributed by atoms with Crippen molar-refractivity contribution in [1.29, 1.82) is 0 Å². The summed E-state index contributed by atoms with van der Waals surface area (Å²) in [6.45, 7) is 9.71. The first-order chi connectivity index (χ1) is 15.6. The number of carbonyl (C=O) groups excluding carboxylic acids is 3. The number of nitrogens with zero attached hydrogens (tertiary/aromatic N) is 1. The largest absolute Gasteiger partial charge is 0.396 e. The van der Waals surface area contributed by atoms with Crippen LogP contribution in [0.5, 0.6) is 0 Å². The van der Waals surface area contributed by atoms with E-state index in [0.717, 1.165) is 24.1 Å². The molecule has 0 aliphatic carbocycles. The average molecular weight is 462 g/mol. The van der Waals surface area contributed by atoms with Gasteiger partial charge < -0.3 is 25.4 Å². The number of aliphatic hydroxyl groups excluding tert-OH is 1. The molecule has 33 heavy (non-hydrogen) atoms. The third-order valence-corrected chi connectivity index (χ3v) is 5.87. The Bertz CT molecular complexity index is 799. The molecule has 1 aliphatic rings. The van der Waals surface area contributed by atoms with Gasteiger partial charge >= 0.3 is 0 Å². The van der Waals surface area contributed by atoms with Crippen molar-refractivity contribution in [2.24, 2.45) is 11.3 Å². The smallest absolute Gasteiger partial charge is 0.243 e. The zero-order chi connectivity index (χ0) is 24.4. The van der Waals surface area contributed by atoms with E-state index in [0.29, 0.717) is 38.6 Å². The normalized spacial score (nSPS) is 15.5. The van der Waals surface area contributed by atoms with Crippen LogP contribution in [0, 0.1) is 18.3 Å². The SMILES string of the molecule is Cc1ccccc1N(CC1CCOCC1)C(=O)CC(=O)N[C@H](C(=O)NCCCO)C(C)(C)C. The molecule has 1 aliphatic heterocycles. The predicted molar refractivity (Wildman–Crippen MR) is 128 cm³/mol. The van der Waals surface area contributed by atoms with Gasteiger partial charge in [-0.1, -0.05) is 39.0 Å². The topological polar surface area (TPSA) is 108 Å². The molecule has 0 spiro atoms. The summed E-state index contributed by atoms with van der Waals surface area (Å²) in [5, 5.41) is 14.4. The Morgan fingerprint density at radius 3 is 2.45 bits per heavy atom. The average Bonchev–Trinajstić information content (AvgIpc) is 2.76. The van der Waals surface area contributed by atoms with Crippen molar-refractivity contribution in [1.82, 2.24) is 10.6 Å². The van der Waals surface area contributed by atoms with Crippen LogP contribution < -0.4 is 15.5 Å².